The van der Waals surface area contributed by atoms with Crippen molar-refractivity contribution < 1.29 is 24.1 Å². The van der Waals surface area contributed by atoms with Gasteiger partial charge < -0.3 is 14.9 Å². The molecule has 94 valence electrons. The lowest BCUT2D eigenvalue weighted by molar-refractivity contribution is -0.159. The molecule has 1 heterocycles. The summed E-state index contributed by atoms with van der Waals surface area (Å²) in [5.41, 5.74) is 0.377. The lowest BCUT2D eigenvalue weighted by Gasteiger charge is -2.16. The first-order valence-corrected chi connectivity index (χ1v) is 5.12. The summed E-state index contributed by atoms with van der Waals surface area (Å²) in [6.45, 7) is 3.15. The van der Waals surface area contributed by atoms with Crippen LogP contribution < -0.4 is 0 Å². The lowest BCUT2D eigenvalue weighted by atomic mass is 10.1. The molecule has 2 atom stereocenters. The zero-order valence-corrected chi connectivity index (χ0v) is 9.55. The van der Waals surface area contributed by atoms with Crippen molar-refractivity contribution in [3.63, 3.8) is 0 Å². The van der Waals surface area contributed by atoms with Crippen LogP contribution in [0.5, 0.6) is 0 Å². The SMILES string of the molecule is CCOC(=O)C(O)C(O)c1cnc(F)c(C)c1. The highest BCUT2D eigenvalue weighted by Gasteiger charge is 2.27. The summed E-state index contributed by atoms with van der Waals surface area (Å²) in [5.74, 6) is -1.59. The van der Waals surface area contributed by atoms with Crippen LogP contribution in [0.25, 0.3) is 0 Å². The third-order valence-corrected chi connectivity index (χ3v) is 2.20. The number of nitrogens with zero attached hydrogens (tertiary/aromatic N) is 1. The number of esters is 1. The molecule has 1 rings (SSSR count). The van der Waals surface area contributed by atoms with Crippen LogP contribution in [0.3, 0.4) is 0 Å². The van der Waals surface area contributed by atoms with Gasteiger partial charge in [-0.1, -0.05) is 0 Å². The van der Waals surface area contributed by atoms with Crippen molar-refractivity contribution in [3.8, 4) is 0 Å². The number of aryl methyl sites for hydroxylation is 1. The normalized spacial score (nSPS) is 14.2. The number of carbonyl (C=O) groups excluding carboxylic acids is 1. The molecular weight excluding hydrogens is 229 g/mol. The van der Waals surface area contributed by atoms with Gasteiger partial charge >= 0.3 is 5.97 Å². The number of hydrogen-bond donors (Lipinski definition) is 2. The molecular formula is C11H14FNO4. The van der Waals surface area contributed by atoms with Gasteiger partial charge in [-0.05, 0) is 19.9 Å². The second-order valence-corrected chi connectivity index (χ2v) is 3.52. The molecule has 0 aliphatic heterocycles. The number of pyridine rings is 1. The average Bonchev–Trinajstić information content (AvgIpc) is 2.31. The van der Waals surface area contributed by atoms with E-state index in [-0.39, 0.29) is 17.7 Å². The Labute approximate surface area is 97.9 Å². The first-order valence-electron chi connectivity index (χ1n) is 5.12. The van der Waals surface area contributed by atoms with Gasteiger partial charge in [0, 0.05) is 17.3 Å². The topological polar surface area (TPSA) is 79.7 Å². The molecule has 17 heavy (non-hydrogen) atoms. The molecule has 0 spiro atoms. The Morgan fingerprint density at radius 1 is 1.59 bits per heavy atom. The highest BCUT2D eigenvalue weighted by atomic mass is 19.1. The van der Waals surface area contributed by atoms with Crippen molar-refractivity contribution in [2.24, 2.45) is 0 Å². The highest BCUT2D eigenvalue weighted by molar-refractivity contribution is 5.75. The van der Waals surface area contributed by atoms with Crippen LogP contribution in [-0.4, -0.2) is 33.9 Å². The van der Waals surface area contributed by atoms with Crippen molar-refractivity contribution in [2.75, 3.05) is 6.61 Å². The first kappa shape index (κ1) is 13.5. The summed E-state index contributed by atoms with van der Waals surface area (Å²) in [4.78, 5) is 14.6. The van der Waals surface area contributed by atoms with Crippen LogP contribution in [0.1, 0.15) is 24.2 Å². The number of carbonyl (C=O) groups is 1. The van der Waals surface area contributed by atoms with Crippen molar-refractivity contribution in [1.29, 1.82) is 0 Å². The molecule has 1 aromatic heterocycles. The largest absolute Gasteiger partial charge is 0.464 e. The minimum atomic E-state index is -1.71. The zero-order chi connectivity index (χ0) is 13.0. The second kappa shape index (κ2) is 5.70. The summed E-state index contributed by atoms with van der Waals surface area (Å²) in [5, 5.41) is 19.2. The molecule has 6 heteroatoms. The predicted molar refractivity (Wildman–Crippen MR) is 56.5 cm³/mol. The maximum absolute atomic E-state index is 12.9. The molecule has 2 N–H and O–H groups in total. The van der Waals surface area contributed by atoms with Crippen LogP contribution in [0.4, 0.5) is 4.39 Å². The number of halogens is 1. The van der Waals surface area contributed by atoms with Crippen molar-refractivity contribution in [1.82, 2.24) is 4.98 Å². The number of hydrogen-bond acceptors (Lipinski definition) is 5. The van der Waals surface area contributed by atoms with Gasteiger partial charge in [0.15, 0.2) is 6.10 Å². The minimum Gasteiger partial charge on any atom is -0.464 e. The minimum absolute atomic E-state index is 0.101. The van der Waals surface area contributed by atoms with Crippen LogP contribution in [0.15, 0.2) is 12.3 Å². The summed E-state index contributed by atoms with van der Waals surface area (Å²) in [6.07, 6.45) is -2.13. The first-order chi connectivity index (χ1) is 7.97. The van der Waals surface area contributed by atoms with Crippen LogP contribution in [0.2, 0.25) is 0 Å². The number of aliphatic hydroxyl groups excluding tert-OH is 2. The smallest absolute Gasteiger partial charge is 0.338 e. The molecule has 0 saturated heterocycles. The maximum atomic E-state index is 12.9. The molecule has 2 unspecified atom stereocenters. The van der Waals surface area contributed by atoms with Gasteiger partial charge in [-0.3, -0.25) is 0 Å². The van der Waals surface area contributed by atoms with Crippen LogP contribution in [0, 0.1) is 12.9 Å². The van der Waals surface area contributed by atoms with E-state index in [9.17, 15) is 19.4 Å². The molecule has 0 aliphatic rings. The summed E-state index contributed by atoms with van der Waals surface area (Å²) in [7, 11) is 0. The van der Waals surface area contributed by atoms with E-state index in [0.717, 1.165) is 6.20 Å². The van der Waals surface area contributed by atoms with E-state index in [0.29, 0.717) is 0 Å². The van der Waals surface area contributed by atoms with Crippen LogP contribution >= 0.6 is 0 Å². The number of aliphatic hydroxyl groups is 2. The van der Waals surface area contributed by atoms with Gasteiger partial charge in [0.2, 0.25) is 5.95 Å². The average molecular weight is 243 g/mol. The van der Waals surface area contributed by atoms with Crippen LogP contribution in [-0.2, 0) is 9.53 Å². The second-order valence-electron chi connectivity index (χ2n) is 3.52. The van der Waals surface area contributed by atoms with Gasteiger partial charge in [-0.15, -0.1) is 0 Å². The molecule has 0 radical (unpaired) electrons. The Morgan fingerprint density at radius 2 is 2.24 bits per heavy atom. The highest BCUT2D eigenvalue weighted by Crippen LogP contribution is 2.19. The van der Waals surface area contributed by atoms with Gasteiger partial charge in [0.1, 0.15) is 6.10 Å². The Bertz CT molecular complexity index is 410. The molecule has 1 aromatic rings. The molecule has 0 amide bonds. The zero-order valence-electron chi connectivity index (χ0n) is 9.55. The predicted octanol–water partition coefficient (Wildman–Crippen LogP) is 0.487. The van der Waals surface area contributed by atoms with Crippen molar-refractivity contribution in [3.05, 3.63) is 29.3 Å². The van der Waals surface area contributed by atoms with E-state index in [1.165, 1.54) is 13.0 Å². The fourth-order valence-corrected chi connectivity index (χ4v) is 1.28. The number of aromatic nitrogens is 1. The third kappa shape index (κ3) is 3.21. The van der Waals surface area contributed by atoms with Gasteiger partial charge in [-0.25, -0.2) is 9.78 Å². The Kier molecular flexibility index (Phi) is 4.53. The molecule has 5 nitrogen and oxygen atoms in total. The number of ether oxygens (including phenoxy) is 1. The van der Waals surface area contributed by atoms with E-state index in [4.69, 9.17) is 0 Å². The molecule has 0 fully saturated rings. The van der Waals surface area contributed by atoms with Crippen molar-refractivity contribution >= 4 is 5.97 Å². The van der Waals surface area contributed by atoms with E-state index < -0.39 is 24.1 Å². The third-order valence-electron chi connectivity index (χ3n) is 2.20. The Morgan fingerprint density at radius 3 is 2.76 bits per heavy atom. The fourth-order valence-electron chi connectivity index (χ4n) is 1.28. The Hall–Kier alpha value is -1.53. The summed E-state index contributed by atoms with van der Waals surface area (Å²) in [6, 6.07) is 1.31. The molecule has 0 aromatic carbocycles. The monoisotopic (exact) mass is 243 g/mol. The quantitative estimate of drug-likeness (QED) is 0.594. The van der Waals surface area contributed by atoms with Gasteiger partial charge in [-0.2, -0.15) is 4.39 Å². The fraction of sp³-hybridized carbons (Fsp3) is 0.455. The van der Waals surface area contributed by atoms with Crippen molar-refractivity contribution in [2.45, 2.75) is 26.1 Å². The van der Waals surface area contributed by atoms with E-state index in [2.05, 4.69) is 9.72 Å². The summed E-state index contributed by atoms with van der Waals surface area (Å²) < 4.78 is 17.5. The van der Waals surface area contributed by atoms with Gasteiger partial charge in [0.05, 0.1) is 6.61 Å². The number of rotatable bonds is 4. The lowest BCUT2D eigenvalue weighted by Crippen LogP contribution is -2.30. The van der Waals surface area contributed by atoms with E-state index in [1.807, 2.05) is 0 Å². The molecule has 0 aliphatic carbocycles. The summed E-state index contributed by atoms with van der Waals surface area (Å²) >= 11 is 0. The Balaban J connectivity index is 2.84. The van der Waals surface area contributed by atoms with E-state index in [1.54, 1.807) is 6.92 Å². The van der Waals surface area contributed by atoms with E-state index >= 15 is 0 Å². The standard InChI is InChI=1S/C11H14FNO4/c1-3-17-11(16)9(15)8(14)7-4-6(2)10(12)13-5-7/h4-5,8-9,14-15H,3H2,1-2H3. The maximum Gasteiger partial charge on any atom is 0.338 e. The molecule has 0 saturated carbocycles. The molecule has 0 bridgehead atoms. The van der Waals surface area contributed by atoms with Gasteiger partial charge in [0.25, 0.3) is 0 Å².